The van der Waals surface area contributed by atoms with Crippen molar-refractivity contribution in [2.24, 2.45) is 4.99 Å². The van der Waals surface area contributed by atoms with Crippen LogP contribution < -0.4 is 4.74 Å². The topological polar surface area (TPSA) is 28.1 Å². The van der Waals surface area contributed by atoms with E-state index in [1.165, 1.54) is 5.56 Å². The Hall–Kier alpha value is -3.55. The second kappa shape index (κ2) is 10.5. The van der Waals surface area contributed by atoms with Crippen molar-refractivity contribution >= 4 is 11.5 Å². The average molecular weight is 410 g/mol. The molecule has 0 aromatic heterocycles. The molecule has 3 aromatic rings. The van der Waals surface area contributed by atoms with E-state index in [0.717, 1.165) is 55.6 Å². The van der Waals surface area contributed by atoms with Gasteiger partial charge in [0.05, 0.1) is 12.8 Å². The minimum atomic E-state index is 0.813. The van der Waals surface area contributed by atoms with Gasteiger partial charge in [-0.3, -0.25) is 4.90 Å². The SMILES string of the molecule is COc1ccc(/N=C(\C#Cc2ccccc2)N2CCN(Cc3ccccc3)CC2)cc1. The molecular weight excluding hydrogens is 382 g/mol. The minimum absolute atomic E-state index is 0.813. The Kier molecular flexibility index (Phi) is 7.00. The number of aliphatic imine (C=N–C) groups is 1. The van der Waals surface area contributed by atoms with Crippen molar-refractivity contribution in [2.75, 3.05) is 33.3 Å². The number of hydrogen-bond donors (Lipinski definition) is 0. The maximum absolute atomic E-state index is 5.26. The van der Waals surface area contributed by atoms with Crippen LogP contribution in [0.4, 0.5) is 5.69 Å². The highest BCUT2D eigenvalue weighted by molar-refractivity contribution is 6.00. The molecule has 0 unspecified atom stereocenters. The monoisotopic (exact) mass is 409 g/mol. The summed E-state index contributed by atoms with van der Waals surface area (Å²) < 4.78 is 5.26. The van der Waals surface area contributed by atoms with E-state index in [-0.39, 0.29) is 0 Å². The van der Waals surface area contributed by atoms with Gasteiger partial charge < -0.3 is 9.64 Å². The highest BCUT2D eigenvalue weighted by Gasteiger charge is 2.19. The van der Waals surface area contributed by atoms with Crippen LogP contribution in [0.2, 0.25) is 0 Å². The third kappa shape index (κ3) is 5.97. The van der Waals surface area contributed by atoms with E-state index in [1.54, 1.807) is 7.11 Å². The van der Waals surface area contributed by atoms with E-state index >= 15 is 0 Å². The molecule has 0 amide bonds. The van der Waals surface area contributed by atoms with E-state index in [1.807, 2.05) is 54.6 Å². The van der Waals surface area contributed by atoms with Gasteiger partial charge in [-0.25, -0.2) is 4.99 Å². The van der Waals surface area contributed by atoms with Crippen molar-refractivity contribution in [1.29, 1.82) is 0 Å². The van der Waals surface area contributed by atoms with Crippen molar-refractivity contribution in [3.05, 3.63) is 96.1 Å². The first-order chi connectivity index (χ1) is 15.3. The summed E-state index contributed by atoms with van der Waals surface area (Å²) in [6.45, 7) is 4.78. The molecule has 0 saturated carbocycles. The van der Waals surface area contributed by atoms with Crippen LogP contribution in [0.1, 0.15) is 11.1 Å². The lowest BCUT2D eigenvalue weighted by molar-refractivity contribution is 0.176. The number of rotatable bonds is 4. The van der Waals surface area contributed by atoms with Gasteiger partial charge in [-0.05, 0) is 47.9 Å². The Morgan fingerprint density at radius 2 is 1.48 bits per heavy atom. The fourth-order valence-corrected chi connectivity index (χ4v) is 3.57. The molecule has 3 aromatic carbocycles. The van der Waals surface area contributed by atoms with Crippen molar-refractivity contribution in [3.63, 3.8) is 0 Å². The zero-order valence-corrected chi connectivity index (χ0v) is 17.9. The number of methoxy groups -OCH3 is 1. The maximum Gasteiger partial charge on any atom is 0.182 e. The number of piperazine rings is 1. The van der Waals surface area contributed by atoms with Crippen LogP contribution in [0.15, 0.2) is 89.9 Å². The zero-order chi connectivity index (χ0) is 21.3. The van der Waals surface area contributed by atoms with Crippen molar-refractivity contribution in [1.82, 2.24) is 9.80 Å². The lowest BCUT2D eigenvalue weighted by atomic mass is 10.2. The van der Waals surface area contributed by atoms with E-state index in [0.29, 0.717) is 0 Å². The largest absolute Gasteiger partial charge is 0.497 e. The zero-order valence-electron chi connectivity index (χ0n) is 17.9. The molecule has 0 N–H and O–H groups in total. The van der Waals surface area contributed by atoms with Crippen LogP contribution in [0.25, 0.3) is 0 Å². The molecule has 1 heterocycles. The van der Waals surface area contributed by atoms with Crippen molar-refractivity contribution in [2.45, 2.75) is 6.54 Å². The van der Waals surface area contributed by atoms with Crippen LogP contribution in [0.5, 0.6) is 5.75 Å². The predicted molar refractivity (Wildman–Crippen MR) is 127 cm³/mol. The van der Waals surface area contributed by atoms with Crippen LogP contribution in [0.3, 0.4) is 0 Å². The minimum Gasteiger partial charge on any atom is -0.497 e. The summed E-state index contributed by atoms with van der Waals surface area (Å²) in [5, 5.41) is 0. The number of benzene rings is 3. The van der Waals surface area contributed by atoms with Gasteiger partial charge in [0.25, 0.3) is 0 Å². The van der Waals surface area contributed by atoms with E-state index in [4.69, 9.17) is 9.73 Å². The summed E-state index contributed by atoms with van der Waals surface area (Å²) >= 11 is 0. The molecule has 1 saturated heterocycles. The van der Waals surface area contributed by atoms with Crippen LogP contribution in [-0.2, 0) is 6.54 Å². The lowest BCUT2D eigenvalue weighted by Crippen LogP contribution is -2.48. The molecule has 4 rings (SSSR count). The van der Waals surface area contributed by atoms with E-state index in [9.17, 15) is 0 Å². The summed E-state index contributed by atoms with van der Waals surface area (Å²) in [6, 6.07) is 28.5. The number of ether oxygens (including phenoxy) is 1. The van der Waals surface area contributed by atoms with Crippen LogP contribution in [0, 0.1) is 11.8 Å². The second-order valence-corrected chi connectivity index (χ2v) is 7.50. The van der Waals surface area contributed by atoms with E-state index in [2.05, 4.69) is 52.0 Å². The maximum atomic E-state index is 5.26. The standard InChI is InChI=1S/C27H27N3O/c1-31-26-15-13-25(14-16-26)28-27(17-12-23-8-4-2-5-9-23)30-20-18-29(19-21-30)22-24-10-6-3-7-11-24/h2-11,13-16H,18-22H2,1H3/b28-27+. The second-order valence-electron chi connectivity index (χ2n) is 7.50. The van der Waals surface area contributed by atoms with Crippen molar-refractivity contribution < 1.29 is 4.74 Å². The molecule has 1 aliphatic heterocycles. The van der Waals surface area contributed by atoms with Gasteiger partial charge in [-0.1, -0.05) is 54.5 Å². The Bertz CT molecular complexity index is 1040. The molecule has 0 bridgehead atoms. The van der Waals surface area contributed by atoms with Gasteiger partial charge in [0.15, 0.2) is 5.84 Å². The summed E-state index contributed by atoms with van der Waals surface area (Å²) in [6.07, 6.45) is 0. The van der Waals surface area contributed by atoms with Gasteiger partial charge >= 0.3 is 0 Å². The molecule has 156 valence electrons. The number of nitrogens with zero attached hydrogens (tertiary/aromatic N) is 3. The highest BCUT2D eigenvalue weighted by Crippen LogP contribution is 2.19. The molecule has 0 aliphatic carbocycles. The molecule has 4 heteroatoms. The first-order valence-corrected chi connectivity index (χ1v) is 10.6. The summed E-state index contributed by atoms with van der Waals surface area (Å²) in [5.74, 6) is 8.24. The molecule has 4 nitrogen and oxygen atoms in total. The normalized spacial score (nSPS) is 14.6. The summed E-state index contributed by atoms with van der Waals surface area (Å²) in [7, 11) is 1.67. The molecule has 31 heavy (non-hydrogen) atoms. The Morgan fingerprint density at radius 1 is 0.839 bits per heavy atom. The summed E-state index contributed by atoms with van der Waals surface area (Å²) in [4.78, 5) is 9.66. The van der Waals surface area contributed by atoms with Gasteiger partial charge in [-0.15, -0.1) is 0 Å². The third-order valence-corrected chi connectivity index (χ3v) is 5.32. The van der Waals surface area contributed by atoms with E-state index < -0.39 is 0 Å². The Morgan fingerprint density at radius 3 is 2.13 bits per heavy atom. The fraction of sp³-hybridized carbons (Fsp3) is 0.222. The lowest BCUT2D eigenvalue weighted by Gasteiger charge is -2.35. The summed E-state index contributed by atoms with van der Waals surface area (Å²) in [5.41, 5.74) is 3.23. The van der Waals surface area contributed by atoms with Gasteiger partial charge in [-0.2, -0.15) is 0 Å². The highest BCUT2D eigenvalue weighted by atomic mass is 16.5. The number of amidine groups is 1. The predicted octanol–water partition coefficient (Wildman–Crippen LogP) is 4.59. The molecule has 1 fully saturated rings. The Balaban J connectivity index is 1.50. The molecule has 0 atom stereocenters. The number of hydrogen-bond acceptors (Lipinski definition) is 3. The molecule has 0 radical (unpaired) electrons. The van der Waals surface area contributed by atoms with Crippen LogP contribution >= 0.6 is 0 Å². The smallest absolute Gasteiger partial charge is 0.182 e. The Labute approximate surface area is 184 Å². The quantitative estimate of drug-likeness (QED) is 0.358. The van der Waals surface area contributed by atoms with Crippen LogP contribution in [-0.4, -0.2) is 48.9 Å². The fourth-order valence-electron chi connectivity index (χ4n) is 3.57. The van der Waals surface area contributed by atoms with Gasteiger partial charge in [0, 0.05) is 38.3 Å². The average Bonchev–Trinajstić information content (AvgIpc) is 2.84. The molecule has 1 aliphatic rings. The molecular formula is C27H27N3O. The third-order valence-electron chi connectivity index (χ3n) is 5.32. The molecule has 0 spiro atoms. The van der Waals surface area contributed by atoms with Gasteiger partial charge in [0.2, 0.25) is 0 Å². The van der Waals surface area contributed by atoms with Gasteiger partial charge in [0.1, 0.15) is 5.75 Å². The first-order valence-electron chi connectivity index (χ1n) is 10.6. The first kappa shape index (κ1) is 20.7. The van der Waals surface area contributed by atoms with Crippen molar-refractivity contribution in [3.8, 4) is 17.6 Å².